The van der Waals surface area contributed by atoms with Crippen LogP contribution in [0.5, 0.6) is 5.75 Å². The lowest BCUT2D eigenvalue weighted by Crippen LogP contribution is -2.47. The molecule has 0 radical (unpaired) electrons. The molecule has 1 aliphatic heterocycles. The second-order valence-corrected chi connectivity index (χ2v) is 7.32. The molecule has 0 aliphatic carbocycles. The molecule has 2 N–H and O–H groups in total. The Labute approximate surface area is 164 Å². The summed E-state index contributed by atoms with van der Waals surface area (Å²) in [5.41, 5.74) is 4.11. The van der Waals surface area contributed by atoms with Crippen molar-refractivity contribution in [3.63, 3.8) is 0 Å². The van der Waals surface area contributed by atoms with Gasteiger partial charge in [0, 0.05) is 61.0 Å². The molecule has 0 spiro atoms. The van der Waals surface area contributed by atoms with E-state index in [0.29, 0.717) is 25.4 Å². The summed E-state index contributed by atoms with van der Waals surface area (Å²) in [4.78, 5) is 19.9. The zero-order chi connectivity index (χ0) is 19.5. The average molecular weight is 375 g/mol. The molecule has 5 nitrogen and oxygen atoms in total. The van der Waals surface area contributed by atoms with E-state index < -0.39 is 0 Å². The van der Waals surface area contributed by atoms with Gasteiger partial charge in [-0.3, -0.25) is 9.69 Å². The Kier molecular flexibility index (Phi) is 5.17. The number of aryl methyl sites for hydroxylation is 1. The van der Waals surface area contributed by atoms with E-state index in [4.69, 9.17) is 0 Å². The van der Waals surface area contributed by atoms with Gasteiger partial charge in [-0.15, -0.1) is 0 Å². The van der Waals surface area contributed by atoms with Crippen molar-refractivity contribution in [2.45, 2.75) is 13.5 Å². The summed E-state index contributed by atoms with van der Waals surface area (Å²) in [6, 6.07) is 15.6. The molecule has 1 aliphatic rings. The van der Waals surface area contributed by atoms with Crippen molar-refractivity contribution >= 4 is 22.9 Å². The molecule has 0 saturated carbocycles. The van der Waals surface area contributed by atoms with Crippen molar-refractivity contribution in [2.24, 2.45) is 0 Å². The van der Waals surface area contributed by atoms with Gasteiger partial charge in [-0.2, -0.15) is 0 Å². The maximum absolute atomic E-state index is 12.4. The first-order valence-corrected chi connectivity index (χ1v) is 9.65. The molecule has 1 aromatic heterocycles. The fraction of sp³-hybridized carbons (Fsp3) is 0.261. The van der Waals surface area contributed by atoms with Crippen LogP contribution in [0.15, 0.2) is 54.6 Å². The Balaban J connectivity index is 1.38. The highest BCUT2D eigenvalue weighted by atomic mass is 16.3. The van der Waals surface area contributed by atoms with Gasteiger partial charge >= 0.3 is 0 Å². The molecule has 0 bridgehead atoms. The van der Waals surface area contributed by atoms with Crippen LogP contribution in [0, 0.1) is 6.92 Å². The van der Waals surface area contributed by atoms with Gasteiger partial charge in [0.05, 0.1) is 0 Å². The zero-order valence-corrected chi connectivity index (χ0v) is 16.1. The molecule has 2 aromatic carbocycles. The normalized spacial score (nSPS) is 15.5. The largest absolute Gasteiger partial charge is 0.508 e. The zero-order valence-electron chi connectivity index (χ0n) is 16.1. The number of carbonyl (C=O) groups is 1. The maximum atomic E-state index is 12.4. The smallest absolute Gasteiger partial charge is 0.246 e. The molecule has 3 aromatic rings. The summed E-state index contributed by atoms with van der Waals surface area (Å²) in [6.07, 6.45) is 3.52. The molecule has 1 saturated heterocycles. The minimum Gasteiger partial charge on any atom is -0.508 e. The maximum Gasteiger partial charge on any atom is 0.246 e. The molecule has 28 heavy (non-hydrogen) atoms. The van der Waals surface area contributed by atoms with Crippen LogP contribution in [0.25, 0.3) is 17.0 Å². The molecular weight excluding hydrogens is 350 g/mol. The molecule has 1 amide bonds. The second-order valence-electron chi connectivity index (χ2n) is 7.32. The van der Waals surface area contributed by atoms with Crippen molar-refractivity contribution in [3.05, 3.63) is 71.4 Å². The number of amides is 1. The minimum atomic E-state index is 0.0507. The molecule has 0 atom stereocenters. The molecule has 5 heteroatoms. The monoisotopic (exact) mass is 375 g/mol. The Hall–Kier alpha value is -3.05. The number of H-pyrrole nitrogens is 1. The molecule has 4 rings (SSSR count). The van der Waals surface area contributed by atoms with Crippen molar-refractivity contribution < 1.29 is 9.90 Å². The average Bonchev–Trinajstić information content (AvgIpc) is 3.10. The molecular formula is C23H25N3O2. The first-order valence-electron chi connectivity index (χ1n) is 9.65. The topological polar surface area (TPSA) is 59.6 Å². The van der Waals surface area contributed by atoms with Crippen molar-refractivity contribution in [3.8, 4) is 5.75 Å². The Morgan fingerprint density at radius 2 is 1.86 bits per heavy atom. The van der Waals surface area contributed by atoms with Crippen molar-refractivity contribution in [2.75, 3.05) is 26.2 Å². The van der Waals surface area contributed by atoms with Gasteiger partial charge in [0.2, 0.25) is 5.91 Å². The molecule has 144 valence electrons. The van der Waals surface area contributed by atoms with E-state index in [0.717, 1.165) is 40.8 Å². The van der Waals surface area contributed by atoms with E-state index in [1.807, 2.05) is 54.3 Å². The van der Waals surface area contributed by atoms with Gasteiger partial charge in [-0.05, 0) is 36.8 Å². The van der Waals surface area contributed by atoms with E-state index in [2.05, 4.69) is 16.0 Å². The number of fused-ring (bicyclic) bond motifs is 1. The summed E-state index contributed by atoms with van der Waals surface area (Å²) in [5, 5.41) is 11.4. The summed E-state index contributed by atoms with van der Waals surface area (Å²) < 4.78 is 0. The first kappa shape index (κ1) is 18.3. The lowest BCUT2D eigenvalue weighted by atomic mass is 10.1. The summed E-state index contributed by atoms with van der Waals surface area (Å²) in [7, 11) is 0. The summed E-state index contributed by atoms with van der Waals surface area (Å²) in [5.74, 6) is 0.380. The van der Waals surface area contributed by atoms with Crippen LogP contribution in [0.1, 0.15) is 16.8 Å². The van der Waals surface area contributed by atoms with E-state index in [-0.39, 0.29) is 5.91 Å². The molecule has 2 heterocycles. The fourth-order valence-corrected chi connectivity index (χ4v) is 3.75. The van der Waals surface area contributed by atoms with Gasteiger partial charge in [0.1, 0.15) is 5.75 Å². The minimum absolute atomic E-state index is 0.0507. The number of hydrogen-bond donors (Lipinski definition) is 2. The van der Waals surface area contributed by atoms with Crippen LogP contribution in [-0.4, -0.2) is 52.0 Å². The van der Waals surface area contributed by atoms with Gasteiger partial charge in [-0.25, -0.2) is 0 Å². The van der Waals surface area contributed by atoms with Crippen LogP contribution in [0.3, 0.4) is 0 Å². The SMILES string of the molecule is Cc1cc2c(CN3CCN(C(=O)/C=C/c4ccccc4)CC3)c(O)ccc2[nH]1. The molecule has 0 unspecified atom stereocenters. The highest BCUT2D eigenvalue weighted by Gasteiger charge is 2.21. The number of benzene rings is 2. The lowest BCUT2D eigenvalue weighted by molar-refractivity contribution is -0.127. The van der Waals surface area contributed by atoms with Crippen LogP contribution >= 0.6 is 0 Å². The van der Waals surface area contributed by atoms with Crippen molar-refractivity contribution in [1.29, 1.82) is 0 Å². The number of piperazine rings is 1. The van der Waals surface area contributed by atoms with Crippen LogP contribution in [0.4, 0.5) is 0 Å². The Bertz CT molecular complexity index is 999. The third kappa shape index (κ3) is 3.94. The van der Waals surface area contributed by atoms with Gasteiger partial charge in [0.25, 0.3) is 0 Å². The first-order chi connectivity index (χ1) is 13.6. The van der Waals surface area contributed by atoms with Gasteiger partial charge < -0.3 is 15.0 Å². The second kappa shape index (κ2) is 7.90. The summed E-state index contributed by atoms with van der Waals surface area (Å²) >= 11 is 0. The number of nitrogens with one attached hydrogen (secondary N) is 1. The number of hydrogen-bond acceptors (Lipinski definition) is 3. The number of nitrogens with zero attached hydrogens (tertiary/aromatic N) is 2. The lowest BCUT2D eigenvalue weighted by Gasteiger charge is -2.34. The quantitative estimate of drug-likeness (QED) is 0.686. The highest BCUT2D eigenvalue weighted by Crippen LogP contribution is 2.29. The predicted octanol–water partition coefficient (Wildman–Crippen LogP) is 3.54. The number of aromatic amines is 1. The highest BCUT2D eigenvalue weighted by molar-refractivity contribution is 5.91. The number of aromatic nitrogens is 1. The Morgan fingerprint density at radius 1 is 1.11 bits per heavy atom. The van der Waals surface area contributed by atoms with Crippen LogP contribution in [0.2, 0.25) is 0 Å². The predicted molar refractivity (Wildman–Crippen MR) is 112 cm³/mol. The number of carbonyl (C=O) groups excluding carboxylic acids is 1. The van der Waals surface area contributed by atoms with Crippen molar-refractivity contribution in [1.82, 2.24) is 14.8 Å². The van der Waals surface area contributed by atoms with Gasteiger partial charge in [0.15, 0.2) is 0 Å². The number of rotatable bonds is 4. The standard InChI is InChI=1S/C23H25N3O2/c1-17-15-19-20(22(27)9-8-21(19)24-17)16-25-11-13-26(14-12-25)23(28)10-7-18-5-3-2-4-6-18/h2-10,15,24,27H,11-14,16H2,1H3/b10-7+. The molecule has 1 fully saturated rings. The fourth-order valence-electron chi connectivity index (χ4n) is 3.75. The van der Waals surface area contributed by atoms with E-state index in [1.165, 1.54) is 0 Å². The Morgan fingerprint density at radius 3 is 2.61 bits per heavy atom. The number of phenolic OH excluding ortho intramolecular Hbond substituents is 1. The summed E-state index contributed by atoms with van der Waals surface area (Å²) in [6.45, 7) is 5.69. The third-order valence-electron chi connectivity index (χ3n) is 5.31. The third-order valence-corrected chi connectivity index (χ3v) is 5.31. The number of phenols is 1. The van der Waals surface area contributed by atoms with Crippen LogP contribution < -0.4 is 0 Å². The van der Waals surface area contributed by atoms with E-state index in [9.17, 15) is 9.90 Å². The number of aromatic hydroxyl groups is 1. The van der Waals surface area contributed by atoms with E-state index in [1.54, 1.807) is 12.1 Å². The van der Waals surface area contributed by atoms with Crippen LogP contribution in [-0.2, 0) is 11.3 Å². The van der Waals surface area contributed by atoms with Gasteiger partial charge in [-0.1, -0.05) is 30.3 Å². The van der Waals surface area contributed by atoms with E-state index >= 15 is 0 Å².